The number of rotatable bonds is 8. The van der Waals surface area contributed by atoms with Gasteiger partial charge in [0.25, 0.3) is 0 Å². The second-order valence-corrected chi connectivity index (χ2v) is 6.86. The molecule has 20 heavy (non-hydrogen) atoms. The molecule has 2 N–H and O–H groups in total. The number of sulfonamides is 1. The van der Waals surface area contributed by atoms with Crippen LogP contribution in [0.25, 0.3) is 0 Å². The van der Waals surface area contributed by atoms with Crippen molar-refractivity contribution in [3.63, 3.8) is 0 Å². The first kappa shape index (κ1) is 16.9. The van der Waals surface area contributed by atoms with Gasteiger partial charge in [0.15, 0.2) is 0 Å². The fraction of sp³-hybridized carbons (Fsp3) is 0.571. The molecule has 0 bridgehead atoms. The second-order valence-electron chi connectivity index (χ2n) is 5.15. The molecule has 0 heterocycles. The largest absolute Gasteiger partial charge is 0.383 e. The van der Waals surface area contributed by atoms with Crippen molar-refractivity contribution in [2.24, 2.45) is 0 Å². The minimum atomic E-state index is -3.42. The Morgan fingerprint density at radius 3 is 2.20 bits per heavy atom. The van der Waals surface area contributed by atoms with Gasteiger partial charge in [-0.2, -0.15) is 0 Å². The standard InChI is InChI=1S/C14H24N2O3S/c1-11(2)16-20(17,18)14-7-5-13(6-8-14)15-9-10-19-12(3)4/h5-8,11-12,15-16H,9-10H2,1-4H3. The van der Waals surface area contributed by atoms with Crippen LogP contribution in [0, 0.1) is 0 Å². The van der Waals surface area contributed by atoms with Crippen molar-refractivity contribution in [3.05, 3.63) is 24.3 Å². The number of hydrogen-bond donors (Lipinski definition) is 2. The van der Waals surface area contributed by atoms with Gasteiger partial charge in [-0.15, -0.1) is 0 Å². The fourth-order valence-corrected chi connectivity index (χ4v) is 2.87. The van der Waals surface area contributed by atoms with Crippen molar-refractivity contribution < 1.29 is 13.2 Å². The van der Waals surface area contributed by atoms with Crippen LogP contribution in [0.2, 0.25) is 0 Å². The molecule has 1 aromatic rings. The topological polar surface area (TPSA) is 67.4 Å². The second kappa shape index (κ2) is 7.61. The van der Waals surface area contributed by atoms with E-state index in [2.05, 4.69) is 10.0 Å². The van der Waals surface area contributed by atoms with Crippen LogP contribution < -0.4 is 10.0 Å². The van der Waals surface area contributed by atoms with Crippen LogP contribution in [0.4, 0.5) is 5.69 Å². The summed E-state index contributed by atoms with van der Waals surface area (Å²) in [6.07, 6.45) is 0.214. The monoisotopic (exact) mass is 300 g/mol. The van der Waals surface area contributed by atoms with Crippen molar-refractivity contribution in [2.75, 3.05) is 18.5 Å². The van der Waals surface area contributed by atoms with E-state index < -0.39 is 10.0 Å². The lowest BCUT2D eigenvalue weighted by Gasteiger charge is -2.11. The van der Waals surface area contributed by atoms with Crippen molar-refractivity contribution >= 4 is 15.7 Å². The van der Waals surface area contributed by atoms with Crippen molar-refractivity contribution in [2.45, 2.75) is 44.7 Å². The fourth-order valence-electron chi connectivity index (χ4n) is 1.62. The zero-order valence-corrected chi connectivity index (χ0v) is 13.3. The Hall–Kier alpha value is -1.11. The predicted octanol–water partition coefficient (Wildman–Crippen LogP) is 2.21. The van der Waals surface area contributed by atoms with Crippen LogP contribution in [0.3, 0.4) is 0 Å². The maximum atomic E-state index is 11.9. The van der Waals surface area contributed by atoms with Crippen LogP contribution in [-0.4, -0.2) is 33.7 Å². The predicted molar refractivity (Wildman–Crippen MR) is 81.5 cm³/mol. The molecule has 0 aromatic heterocycles. The zero-order valence-electron chi connectivity index (χ0n) is 12.5. The van der Waals surface area contributed by atoms with Crippen molar-refractivity contribution in [1.29, 1.82) is 0 Å². The number of ether oxygens (including phenoxy) is 1. The molecule has 5 nitrogen and oxygen atoms in total. The number of hydrogen-bond acceptors (Lipinski definition) is 4. The molecule has 0 fully saturated rings. The quantitative estimate of drug-likeness (QED) is 0.722. The molecule has 114 valence electrons. The molecule has 0 saturated carbocycles. The molecule has 0 aliphatic heterocycles. The molecule has 6 heteroatoms. The Labute approximate surface area is 121 Å². The maximum absolute atomic E-state index is 11.9. The van der Waals surface area contributed by atoms with Gasteiger partial charge in [0.1, 0.15) is 0 Å². The first-order chi connectivity index (χ1) is 9.31. The Morgan fingerprint density at radius 1 is 1.10 bits per heavy atom. The summed E-state index contributed by atoms with van der Waals surface area (Å²) in [7, 11) is -3.42. The van der Waals surface area contributed by atoms with Crippen molar-refractivity contribution in [1.82, 2.24) is 4.72 Å². The van der Waals surface area contributed by atoms with Gasteiger partial charge in [-0.25, -0.2) is 13.1 Å². The first-order valence-electron chi connectivity index (χ1n) is 6.79. The van der Waals surface area contributed by atoms with E-state index in [4.69, 9.17) is 4.74 Å². The van der Waals surface area contributed by atoms with E-state index in [0.29, 0.717) is 13.2 Å². The van der Waals surface area contributed by atoms with Crippen molar-refractivity contribution in [3.8, 4) is 0 Å². The van der Waals surface area contributed by atoms with E-state index >= 15 is 0 Å². The highest BCUT2D eigenvalue weighted by Gasteiger charge is 2.14. The molecule has 0 atom stereocenters. The molecule has 1 rings (SSSR count). The lowest BCUT2D eigenvalue weighted by Crippen LogP contribution is -2.30. The van der Waals surface area contributed by atoms with Crippen LogP contribution >= 0.6 is 0 Å². The summed E-state index contributed by atoms with van der Waals surface area (Å²) in [5.41, 5.74) is 0.876. The van der Waals surface area contributed by atoms with Crippen LogP contribution in [0.5, 0.6) is 0 Å². The maximum Gasteiger partial charge on any atom is 0.240 e. The molecule has 0 amide bonds. The Kier molecular flexibility index (Phi) is 6.45. The van der Waals surface area contributed by atoms with E-state index in [1.54, 1.807) is 38.1 Å². The van der Waals surface area contributed by atoms with E-state index in [1.807, 2.05) is 13.8 Å². The molecule has 0 unspecified atom stereocenters. The van der Waals surface area contributed by atoms with E-state index in [0.717, 1.165) is 5.69 Å². The zero-order chi connectivity index (χ0) is 15.2. The number of nitrogens with one attached hydrogen (secondary N) is 2. The summed E-state index contributed by atoms with van der Waals surface area (Å²) in [6.45, 7) is 8.87. The lowest BCUT2D eigenvalue weighted by molar-refractivity contribution is 0.0870. The molecule has 0 aliphatic rings. The minimum absolute atomic E-state index is 0.119. The Balaban J connectivity index is 2.56. The highest BCUT2D eigenvalue weighted by Crippen LogP contribution is 2.14. The third-order valence-electron chi connectivity index (χ3n) is 2.44. The van der Waals surface area contributed by atoms with Crippen LogP contribution in [0.15, 0.2) is 29.2 Å². The molecule has 1 aromatic carbocycles. The molecular weight excluding hydrogens is 276 g/mol. The van der Waals surface area contributed by atoms with Gasteiger partial charge >= 0.3 is 0 Å². The molecule has 0 aliphatic carbocycles. The van der Waals surface area contributed by atoms with Gasteiger partial charge in [0.05, 0.1) is 17.6 Å². The number of anilines is 1. The van der Waals surface area contributed by atoms with E-state index in [9.17, 15) is 8.42 Å². The summed E-state index contributed by atoms with van der Waals surface area (Å²) in [6, 6.07) is 6.58. The smallest absolute Gasteiger partial charge is 0.240 e. The summed E-state index contributed by atoms with van der Waals surface area (Å²) >= 11 is 0. The summed E-state index contributed by atoms with van der Waals surface area (Å²) < 4.78 is 31.8. The molecule has 0 saturated heterocycles. The third-order valence-corrected chi connectivity index (χ3v) is 4.11. The highest BCUT2D eigenvalue weighted by molar-refractivity contribution is 7.89. The Morgan fingerprint density at radius 2 is 1.70 bits per heavy atom. The average molecular weight is 300 g/mol. The highest BCUT2D eigenvalue weighted by atomic mass is 32.2. The minimum Gasteiger partial charge on any atom is -0.383 e. The van der Waals surface area contributed by atoms with Gasteiger partial charge in [0.2, 0.25) is 10.0 Å². The van der Waals surface area contributed by atoms with Gasteiger partial charge in [-0.1, -0.05) is 0 Å². The summed E-state index contributed by atoms with van der Waals surface area (Å²) in [5.74, 6) is 0. The lowest BCUT2D eigenvalue weighted by atomic mass is 10.3. The summed E-state index contributed by atoms with van der Waals surface area (Å²) in [5, 5.41) is 3.18. The summed E-state index contributed by atoms with van der Waals surface area (Å²) in [4.78, 5) is 0.273. The molecular formula is C14H24N2O3S. The number of benzene rings is 1. The van der Waals surface area contributed by atoms with Gasteiger partial charge in [0, 0.05) is 18.3 Å². The molecule has 0 radical (unpaired) electrons. The van der Waals surface area contributed by atoms with Crippen LogP contribution in [-0.2, 0) is 14.8 Å². The normalized spacial score (nSPS) is 12.1. The third kappa shape index (κ3) is 5.90. The average Bonchev–Trinajstić information content (AvgIpc) is 2.33. The SMILES string of the molecule is CC(C)NS(=O)(=O)c1ccc(NCCOC(C)C)cc1. The van der Waals surface area contributed by atoms with Crippen LogP contribution in [0.1, 0.15) is 27.7 Å². The van der Waals surface area contributed by atoms with Gasteiger partial charge in [-0.3, -0.25) is 0 Å². The molecule has 0 spiro atoms. The van der Waals surface area contributed by atoms with E-state index in [-0.39, 0.29) is 17.0 Å². The van der Waals surface area contributed by atoms with Gasteiger partial charge in [-0.05, 0) is 52.0 Å². The van der Waals surface area contributed by atoms with E-state index in [1.165, 1.54) is 0 Å². The van der Waals surface area contributed by atoms with Gasteiger partial charge < -0.3 is 10.1 Å². The Bertz CT molecular complexity index is 496. The first-order valence-corrected chi connectivity index (χ1v) is 8.27.